The molecule has 0 bridgehead atoms. The number of nitrogens with one attached hydrogen (secondary N) is 1. The van der Waals surface area contributed by atoms with Gasteiger partial charge in [0, 0.05) is 18.9 Å². The van der Waals surface area contributed by atoms with Crippen LogP contribution in [0.4, 0.5) is 0 Å². The minimum absolute atomic E-state index is 0.159. The second-order valence-electron chi connectivity index (χ2n) is 4.06. The first kappa shape index (κ1) is 14.1. The topological polar surface area (TPSA) is 79.3 Å². The van der Waals surface area contributed by atoms with Crippen molar-refractivity contribution in [1.29, 1.82) is 0 Å². The minimum Gasteiger partial charge on any atom is -0.392 e. The number of aryl methyl sites for hydroxylation is 1. The molecule has 2 rings (SSSR count). The molecule has 0 atom stereocenters. The van der Waals surface area contributed by atoms with E-state index >= 15 is 0 Å². The van der Waals surface area contributed by atoms with Crippen LogP contribution in [0.15, 0.2) is 34.1 Å². The van der Waals surface area contributed by atoms with E-state index in [9.17, 15) is 8.42 Å². The van der Waals surface area contributed by atoms with Gasteiger partial charge in [0.2, 0.25) is 10.0 Å². The van der Waals surface area contributed by atoms with Crippen molar-refractivity contribution in [3.63, 3.8) is 0 Å². The van der Waals surface area contributed by atoms with Gasteiger partial charge in [-0.15, -0.1) is 11.3 Å². The molecule has 0 fully saturated rings. The van der Waals surface area contributed by atoms with Crippen LogP contribution in [0.25, 0.3) is 0 Å². The summed E-state index contributed by atoms with van der Waals surface area (Å²) >= 11 is 1.09. The lowest BCUT2D eigenvalue weighted by molar-refractivity contribution is 0.282. The summed E-state index contributed by atoms with van der Waals surface area (Å²) in [5.41, 5.74) is 2.42. The summed E-state index contributed by atoms with van der Waals surface area (Å²) in [4.78, 5) is 3.97. The normalized spacial score (nSPS) is 11.7. The van der Waals surface area contributed by atoms with E-state index in [-0.39, 0.29) is 17.4 Å². The van der Waals surface area contributed by atoms with E-state index in [0.717, 1.165) is 22.5 Å². The van der Waals surface area contributed by atoms with Crippen molar-refractivity contribution >= 4 is 21.4 Å². The van der Waals surface area contributed by atoms with Crippen molar-refractivity contribution in [1.82, 2.24) is 9.71 Å². The lowest BCUT2D eigenvalue weighted by Crippen LogP contribution is -2.22. The third kappa shape index (κ3) is 3.38. The molecular weight excluding hydrogens is 284 g/mol. The molecule has 0 aliphatic heterocycles. The summed E-state index contributed by atoms with van der Waals surface area (Å²) in [5.74, 6) is 0. The average molecular weight is 298 g/mol. The number of sulfonamides is 1. The fourth-order valence-electron chi connectivity index (χ4n) is 1.50. The smallest absolute Gasteiger partial charge is 0.250 e. The standard InChI is InChI=1S/C12H14N2O3S2/c1-9-2-3-13-5-11(9)6-14-19(16,17)12-4-10(7-15)8-18-12/h2-5,8,14-15H,6-7H2,1H3. The van der Waals surface area contributed by atoms with Crippen LogP contribution in [0, 0.1) is 6.92 Å². The van der Waals surface area contributed by atoms with E-state index in [2.05, 4.69) is 9.71 Å². The van der Waals surface area contributed by atoms with Crippen LogP contribution >= 0.6 is 11.3 Å². The van der Waals surface area contributed by atoms with Crippen molar-refractivity contribution in [3.8, 4) is 0 Å². The Morgan fingerprint density at radius 3 is 2.89 bits per heavy atom. The minimum atomic E-state index is -3.53. The number of hydrogen-bond acceptors (Lipinski definition) is 5. The average Bonchev–Trinajstić information content (AvgIpc) is 2.87. The van der Waals surface area contributed by atoms with Gasteiger partial charge in [-0.05, 0) is 41.1 Å². The maximum Gasteiger partial charge on any atom is 0.250 e. The number of aliphatic hydroxyl groups excluding tert-OH is 1. The zero-order valence-corrected chi connectivity index (χ0v) is 12.0. The Balaban J connectivity index is 2.12. The van der Waals surface area contributed by atoms with E-state index in [1.807, 2.05) is 13.0 Å². The van der Waals surface area contributed by atoms with Crippen LogP contribution in [0.3, 0.4) is 0 Å². The van der Waals surface area contributed by atoms with E-state index in [4.69, 9.17) is 5.11 Å². The van der Waals surface area contributed by atoms with Crippen LogP contribution < -0.4 is 4.72 Å². The van der Waals surface area contributed by atoms with E-state index in [1.54, 1.807) is 17.8 Å². The van der Waals surface area contributed by atoms with Crippen LogP contribution in [0.1, 0.15) is 16.7 Å². The maximum atomic E-state index is 12.0. The highest BCUT2D eigenvalue weighted by Gasteiger charge is 2.16. The number of nitrogens with zero attached hydrogens (tertiary/aromatic N) is 1. The summed E-state index contributed by atoms with van der Waals surface area (Å²) in [6.45, 7) is 1.95. The van der Waals surface area contributed by atoms with Crippen molar-refractivity contribution in [3.05, 3.63) is 46.6 Å². The number of aliphatic hydroxyl groups is 1. The Morgan fingerprint density at radius 1 is 1.47 bits per heavy atom. The fourth-order valence-corrected chi connectivity index (χ4v) is 3.75. The quantitative estimate of drug-likeness (QED) is 0.875. The molecule has 0 aromatic carbocycles. The van der Waals surface area contributed by atoms with Gasteiger partial charge in [0.15, 0.2) is 0 Å². The zero-order chi connectivity index (χ0) is 13.9. The second-order valence-corrected chi connectivity index (χ2v) is 6.96. The molecule has 2 aromatic rings. The highest BCUT2D eigenvalue weighted by Crippen LogP contribution is 2.20. The van der Waals surface area contributed by atoms with Crippen LogP contribution in [-0.2, 0) is 23.2 Å². The van der Waals surface area contributed by atoms with Crippen LogP contribution in [0.5, 0.6) is 0 Å². The highest BCUT2D eigenvalue weighted by atomic mass is 32.2. The molecule has 7 heteroatoms. The summed E-state index contributed by atoms with van der Waals surface area (Å²) in [5, 5.41) is 10.6. The third-order valence-electron chi connectivity index (χ3n) is 2.68. The molecule has 5 nitrogen and oxygen atoms in total. The lowest BCUT2D eigenvalue weighted by Gasteiger charge is -2.06. The Hall–Kier alpha value is -1.28. The Morgan fingerprint density at radius 2 is 2.26 bits per heavy atom. The van der Waals surface area contributed by atoms with Crippen molar-refractivity contribution in [2.24, 2.45) is 0 Å². The molecule has 0 radical (unpaired) electrons. The van der Waals surface area contributed by atoms with Crippen molar-refractivity contribution < 1.29 is 13.5 Å². The number of pyridine rings is 1. The molecule has 2 N–H and O–H groups in total. The lowest BCUT2D eigenvalue weighted by atomic mass is 10.2. The van der Waals surface area contributed by atoms with Gasteiger partial charge in [0.05, 0.1) is 6.61 Å². The number of aromatic nitrogens is 1. The van der Waals surface area contributed by atoms with Gasteiger partial charge in [-0.25, -0.2) is 13.1 Å². The monoisotopic (exact) mass is 298 g/mol. The molecule has 0 unspecified atom stereocenters. The van der Waals surface area contributed by atoms with E-state index in [0.29, 0.717) is 5.56 Å². The number of hydrogen-bond donors (Lipinski definition) is 2. The first-order valence-corrected chi connectivity index (χ1v) is 7.96. The largest absolute Gasteiger partial charge is 0.392 e. The molecule has 0 spiro atoms. The third-order valence-corrected chi connectivity index (χ3v) is 5.57. The van der Waals surface area contributed by atoms with Gasteiger partial charge in [0.1, 0.15) is 4.21 Å². The molecule has 19 heavy (non-hydrogen) atoms. The molecule has 0 amide bonds. The molecule has 0 saturated carbocycles. The molecule has 0 aliphatic carbocycles. The van der Waals surface area contributed by atoms with Crippen LogP contribution in [0.2, 0.25) is 0 Å². The summed E-state index contributed by atoms with van der Waals surface area (Å²) in [7, 11) is -3.53. The first-order valence-electron chi connectivity index (χ1n) is 5.60. The molecule has 2 heterocycles. The molecule has 0 aliphatic rings. The highest BCUT2D eigenvalue weighted by molar-refractivity contribution is 7.91. The van der Waals surface area contributed by atoms with Crippen LogP contribution in [-0.4, -0.2) is 18.5 Å². The van der Waals surface area contributed by atoms with E-state index in [1.165, 1.54) is 6.07 Å². The zero-order valence-electron chi connectivity index (χ0n) is 10.3. The SMILES string of the molecule is Cc1ccncc1CNS(=O)(=O)c1cc(CO)cs1. The summed E-state index contributed by atoms with van der Waals surface area (Å²) in [6.07, 6.45) is 3.31. The summed E-state index contributed by atoms with van der Waals surface area (Å²) < 4.78 is 26.8. The van der Waals surface area contributed by atoms with Gasteiger partial charge in [-0.1, -0.05) is 0 Å². The second kappa shape index (κ2) is 5.79. The maximum absolute atomic E-state index is 12.0. The van der Waals surface area contributed by atoms with Gasteiger partial charge >= 0.3 is 0 Å². The number of thiophene rings is 1. The first-order chi connectivity index (χ1) is 9.03. The predicted molar refractivity (Wildman–Crippen MR) is 73.2 cm³/mol. The van der Waals surface area contributed by atoms with E-state index < -0.39 is 10.0 Å². The molecular formula is C12H14N2O3S2. The fraction of sp³-hybridized carbons (Fsp3) is 0.250. The predicted octanol–water partition coefficient (Wildman–Crippen LogP) is 1.42. The van der Waals surface area contributed by atoms with Gasteiger partial charge in [-0.2, -0.15) is 0 Å². The number of rotatable bonds is 5. The summed E-state index contributed by atoms with van der Waals surface area (Å²) in [6, 6.07) is 3.31. The molecule has 102 valence electrons. The van der Waals surface area contributed by atoms with Gasteiger partial charge in [-0.3, -0.25) is 4.98 Å². The van der Waals surface area contributed by atoms with Crippen molar-refractivity contribution in [2.75, 3.05) is 0 Å². The Kier molecular flexibility index (Phi) is 4.31. The molecule has 0 saturated heterocycles. The van der Waals surface area contributed by atoms with Crippen molar-refractivity contribution in [2.45, 2.75) is 24.3 Å². The Labute approximate surface area is 116 Å². The Bertz CT molecular complexity index is 665. The van der Waals surface area contributed by atoms with Gasteiger partial charge < -0.3 is 5.11 Å². The molecule has 2 aromatic heterocycles. The van der Waals surface area contributed by atoms with Gasteiger partial charge in [0.25, 0.3) is 0 Å².